The van der Waals surface area contributed by atoms with Gasteiger partial charge in [-0.25, -0.2) is 0 Å². The first-order chi connectivity index (χ1) is 7.05. The van der Waals surface area contributed by atoms with E-state index >= 15 is 0 Å². The van der Waals surface area contributed by atoms with Crippen molar-refractivity contribution in [1.29, 1.82) is 0 Å². The summed E-state index contributed by atoms with van der Waals surface area (Å²) in [6.45, 7) is -0.308. The van der Waals surface area contributed by atoms with Crippen molar-refractivity contribution in [2.45, 2.75) is 18.7 Å². The second kappa shape index (κ2) is 6.54. The van der Waals surface area contributed by atoms with Crippen LogP contribution in [0.2, 0.25) is 5.82 Å². The Morgan fingerprint density at radius 2 is 1.69 bits per heavy atom. The molecule has 0 aromatic rings. The zero-order chi connectivity index (χ0) is 10.9. The summed E-state index contributed by atoms with van der Waals surface area (Å²) in [5, 5.41) is 3.18. The summed E-state index contributed by atoms with van der Waals surface area (Å²) in [4.78, 5) is 2.18. The number of piperidine rings is 1. The topological polar surface area (TPSA) is 15.3 Å². The molecule has 2 aliphatic rings. The van der Waals surface area contributed by atoms with E-state index < -0.39 is 12.8 Å². The largest absolute Gasteiger partial charge is 1.00 e. The maximum atomic E-state index is 12.4. The minimum atomic E-state index is -4.60. The van der Waals surface area contributed by atoms with E-state index in [-0.39, 0.29) is 51.4 Å². The van der Waals surface area contributed by atoms with Gasteiger partial charge in [0.25, 0.3) is 0 Å². The van der Waals surface area contributed by atoms with Crippen LogP contribution in [-0.4, -0.2) is 44.6 Å². The Hall–Kier alpha value is 1.41. The average Bonchev–Trinajstić information content (AvgIpc) is 2.11. The Kier molecular flexibility index (Phi) is 6.32. The van der Waals surface area contributed by atoms with Gasteiger partial charge >= 0.3 is 58.4 Å². The van der Waals surface area contributed by atoms with Gasteiger partial charge in [-0.2, -0.15) is 0 Å². The Bertz CT molecular complexity index is 215. The van der Waals surface area contributed by atoms with Crippen molar-refractivity contribution in [2.75, 3.05) is 32.7 Å². The predicted molar refractivity (Wildman–Crippen MR) is 54.9 cm³/mol. The van der Waals surface area contributed by atoms with Gasteiger partial charge in [0, 0.05) is 19.6 Å². The number of likely N-dealkylation sites (tertiary alicyclic amines) is 1. The van der Waals surface area contributed by atoms with Crippen LogP contribution in [0.1, 0.15) is 12.8 Å². The summed E-state index contributed by atoms with van der Waals surface area (Å²) in [5.41, 5.74) is 0. The maximum absolute atomic E-state index is 12.4. The molecular weight excluding hydrogens is 243 g/mol. The van der Waals surface area contributed by atoms with Gasteiger partial charge < -0.3 is 23.2 Å². The average molecular weight is 260 g/mol. The van der Waals surface area contributed by atoms with Crippen molar-refractivity contribution in [3.8, 4) is 0 Å². The molecular formula is C9H17BF3KN2. The molecule has 2 fully saturated rings. The first-order valence-corrected chi connectivity index (χ1v) is 5.69. The first-order valence-electron chi connectivity index (χ1n) is 5.69. The third kappa shape index (κ3) is 4.26. The molecule has 2 aliphatic heterocycles. The van der Waals surface area contributed by atoms with Crippen LogP contribution in [0.4, 0.5) is 12.9 Å². The van der Waals surface area contributed by atoms with Crippen LogP contribution in [0, 0.1) is 5.92 Å². The molecule has 16 heavy (non-hydrogen) atoms. The summed E-state index contributed by atoms with van der Waals surface area (Å²) in [7, 11) is 0. The van der Waals surface area contributed by atoms with Gasteiger partial charge in [0.15, 0.2) is 0 Å². The monoisotopic (exact) mass is 260 g/mol. The van der Waals surface area contributed by atoms with Crippen LogP contribution in [0.5, 0.6) is 0 Å². The van der Waals surface area contributed by atoms with Gasteiger partial charge in [0.05, 0.1) is 0 Å². The molecule has 2 heterocycles. The minimum Gasteiger partial charge on any atom is -0.449 e. The third-order valence-electron chi connectivity index (χ3n) is 3.55. The van der Waals surface area contributed by atoms with Gasteiger partial charge in [-0.15, -0.1) is 0 Å². The molecule has 0 aromatic carbocycles. The Morgan fingerprint density at radius 1 is 1.12 bits per heavy atom. The number of hydrogen-bond donors (Lipinski definition) is 1. The molecule has 0 spiro atoms. The van der Waals surface area contributed by atoms with Crippen LogP contribution >= 0.6 is 0 Å². The molecule has 1 N–H and O–H groups in total. The quantitative estimate of drug-likeness (QED) is 0.623. The molecule has 0 saturated carbocycles. The summed E-state index contributed by atoms with van der Waals surface area (Å²) >= 11 is 0. The van der Waals surface area contributed by atoms with Gasteiger partial charge in [0.2, 0.25) is 0 Å². The summed E-state index contributed by atoms with van der Waals surface area (Å²) in [5.74, 6) is -0.335. The second-order valence-corrected chi connectivity index (χ2v) is 4.79. The van der Waals surface area contributed by atoms with E-state index in [1.165, 1.54) is 0 Å². The van der Waals surface area contributed by atoms with Crippen LogP contribution in [0.15, 0.2) is 0 Å². The second-order valence-electron chi connectivity index (χ2n) is 4.79. The molecule has 0 unspecified atom stereocenters. The van der Waals surface area contributed by atoms with Crippen molar-refractivity contribution in [2.24, 2.45) is 5.92 Å². The van der Waals surface area contributed by atoms with Gasteiger partial charge in [-0.3, -0.25) is 0 Å². The summed E-state index contributed by atoms with van der Waals surface area (Å²) in [6, 6.07) is 0. The standard InChI is InChI=1S/C9H17BF3N2.K/c11-10(12,13)9-1-3-15(4-2-9)7-8-5-14-6-8;/h8-9,14H,1-7H2;/q-1;+1. The number of hydrogen-bond acceptors (Lipinski definition) is 2. The van der Waals surface area contributed by atoms with Crippen molar-refractivity contribution >= 4 is 6.98 Å². The fraction of sp³-hybridized carbons (Fsp3) is 1.00. The Balaban J connectivity index is 0.00000128. The van der Waals surface area contributed by atoms with E-state index in [1.54, 1.807) is 0 Å². The van der Waals surface area contributed by atoms with E-state index in [1.807, 2.05) is 0 Å². The first kappa shape index (κ1) is 15.5. The number of nitrogens with one attached hydrogen (secondary N) is 1. The van der Waals surface area contributed by atoms with Crippen molar-refractivity contribution in [1.82, 2.24) is 10.2 Å². The van der Waals surface area contributed by atoms with Crippen LogP contribution in [-0.2, 0) is 0 Å². The molecule has 0 aliphatic carbocycles. The molecule has 0 atom stereocenters. The zero-order valence-electron chi connectivity index (χ0n) is 9.76. The predicted octanol–water partition coefficient (Wildman–Crippen LogP) is -1.48. The minimum absolute atomic E-state index is 0. The number of nitrogens with zero attached hydrogens (tertiary/aromatic N) is 1. The molecule has 0 aromatic heterocycles. The van der Waals surface area contributed by atoms with E-state index in [2.05, 4.69) is 10.2 Å². The van der Waals surface area contributed by atoms with E-state index in [4.69, 9.17) is 0 Å². The number of rotatable bonds is 3. The molecule has 2 rings (SSSR count). The van der Waals surface area contributed by atoms with E-state index in [9.17, 15) is 12.9 Å². The maximum Gasteiger partial charge on any atom is 1.00 e. The molecule has 88 valence electrons. The molecule has 0 amide bonds. The fourth-order valence-electron chi connectivity index (χ4n) is 2.36. The Morgan fingerprint density at radius 3 is 2.06 bits per heavy atom. The van der Waals surface area contributed by atoms with Gasteiger partial charge in [-0.1, -0.05) is 18.7 Å². The Labute approximate surface area is 137 Å². The summed E-state index contributed by atoms with van der Waals surface area (Å²) in [6.07, 6.45) is 0.618. The SMILES string of the molecule is F[B-](F)(F)C1CCN(CC2CNC2)CC1.[K+]. The zero-order valence-corrected chi connectivity index (χ0v) is 12.9. The molecule has 0 bridgehead atoms. The van der Waals surface area contributed by atoms with Crippen LogP contribution < -0.4 is 56.7 Å². The molecule has 7 heteroatoms. The van der Waals surface area contributed by atoms with E-state index in [0.29, 0.717) is 31.8 Å². The molecule has 0 radical (unpaired) electrons. The fourth-order valence-corrected chi connectivity index (χ4v) is 2.36. The molecule has 2 saturated heterocycles. The van der Waals surface area contributed by atoms with Crippen molar-refractivity contribution < 1.29 is 64.3 Å². The number of halogens is 3. The normalized spacial score (nSPS) is 24.9. The molecule has 2 nitrogen and oxygen atoms in total. The van der Waals surface area contributed by atoms with Crippen molar-refractivity contribution in [3.63, 3.8) is 0 Å². The van der Waals surface area contributed by atoms with Gasteiger partial charge in [-0.05, 0) is 19.0 Å². The van der Waals surface area contributed by atoms with Crippen molar-refractivity contribution in [3.05, 3.63) is 0 Å². The summed E-state index contributed by atoms with van der Waals surface area (Å²) < 4.78 is 37.3. The smallest absolute Gasteiger partial charge is 0.449 e. The van der Waals surface area contributed by atoms with E-state index in [0.717, 1.165) is 19.6 Å². The van der Waals surface area contributed by atoms with Gasteiger partial charge in [0.1, 0.15) is 0 Å². The third-order valence-corrected chi connectivity index (χ3v) is 3.55. The van der Waals surface area contributed by atoms with Crippen LogP contribution in [0.25, 0.3) is 0 Å². The van der Waals surface area contributed by atoms with Crippen LogP contribution in [0.3, 0.4) is 0 Å².